The van der Waals surface area contributed by atoms with Gasteiger partial charge < -0.3 is 25.7 Å². The third-order valence-electron chi connectivity index (χ3n) is 3.35. The molecule has 138 valence electrons. The number of nitrogen functional groups attached to an aromatic ring is 1. The lowest BCUT2D eigenvalue weighted by Crippen LogP contribution is -2.25. The standard InChI is InChI=1S/C15H11F3N2O6/c1-2-26-5-3-4(16)10(17)11(18)6(5)7-8(14(22)23)12(19)20-13(21)9(7)15(24)25/h3H,2H2,1H3,(H,22,23)(H,24,25)(H3,19,20,21). The zero-order chi connectivity index (χ0) is 19.8. The fourth-order valence-electron chi connectivity index (χ4n) is 2.37. The number of rotatable bonds is 5. The predicted octanol–water partition coefficient (Wildman–Crippen LogP) is 1.84. The Bertz CT molecular complexity index is 987. The molecular weight excluding hydrogens is 361 g/mol. The molecule has 0 aliphatic carbocycles. The zero-order valence-electron chi connectivity index (χ0n) is 13.0. The van der Waals surface area contributed by atoms with Crippen LogP contribution >= 0.6 is 0 Å². The molecule has 0 atom stereocenters. The van der Waals surface area contributed by atoms with Crippen molar-refractivity contribution in [1.82, 2.24) is 4.98 Å². The van der Waals surface area contributed by atoms with Crippen LogP contribution in [-0.2, 0) is 0 Å². The van der Waals surface area contributed by atoms with E-state index in [9.17, 15) is 37.8 Å². The monoisotopic (exact) mass is 372 g/mol. The van der Waals surface area contributed by atoms with E-state index in [1.807, 2.05) is 0 Å². The van der Waals surface area contributed by atoms with Crippen molar-refractivity contribution in [2.45, 2.75) is 6.92 Å². The quantitative estimate of drug-likeness (QED) is 0.586. The fourth-order valence-corrected chi connectivity index (χ4v) is 2.37. The van der Waals surface area contributed by atoms with Crippen molar-refractivity contribution in [1.29, 1.82) is 0 Å². The summed E-state index contributed by atoms with van der Waals surface area (Å²) < 4.78 is 46.7. The number of carboxylic acid groups (broad SMARTS) is 2. The molecule has 0 saturated heterocycles. The summed E-state index contributed by atoms with van der Waals surface area (Å²) in [5, 5.41) is 18.6. The fraction of sp³-hybridized carbons (Fsp3) is 0.133. The molecule has 0 radical (unpaired) electrons. The number of pyridine rings is 1. The Kier molecular flexibility index (Phi) is 4.91. The molecule has 0 amide bonds. The van der Waals surface area contributed by atoms with Crippen LogP contribution in [0.2, 0.25) is 0 Å². The molecule has 0 aliphatic rings. The first kappa shape index (κ1) is 18.8. The molecule has 0 fully saturated rings. The summed E-state index contributed by atoms with van der Waals surface area (Å²) >= 11 is 0. The molecule has 0 spiro atoms. The number of hydrogen-bond acceptors (Lipinski definition) is 5. The molecule has 5 N–H and O–H groups in total. The third kappa shape index (κ3) is 2.94. The highest BCUT2D eigenvalue weighted by molar-refractivity contribution is 6.08. The van der Waals surface area contributed by atoms with Gasteiger partial charge in [0.15, 0.2) is 17.5 Å². The topological polar surface area (TPSA) is 143 Å². The van der Waals surface area contributed by atoms with E-state index in [4.69, 9.17) is 10.5 Å². The van der Waals surface area contributed by atoms with Crippen LogP contribution in [0.3, 0.4) is 0 Å². The number of anilines is 1. The molecule has 8 nitrogen and oxygen atoms in total. The van der Waals surface area contributed by atoms with E-state index in [2.05, 4.69) is 0 Å². The average Bonchev–Trinajstić information content (AvgIpc) is 2.51. The second-order valence-corrected chi connectivity index (χ2v) is 4.90. The van der Waals surface area contributed by atoms with Gasteiger partial charge in [0.2, 0.25) is 0 Å². The maximum absolute atomic E-state index is 14.4. The van der Waals surface area contributed by atoms with E-state index in [1.165, 1.54) is 6.92 Å². The minimum absolute atomic E-state index is 0.180. The number of carboxylic acids is 2. The maximum Gasteiger partial charge on any atom is 0.342 e. The molecule has 0 saturated carbocycles. The van der Waals surface area contributed by atoms with Crippen LogP contribution in [0, 0.1) is 17.5 Å². The minimum Gasteiger partial charge on any atom is -0.493 e. The normalized spacial score (nSPS) is 10.6. The van der Waals surface area contributed by atoms with Crippen molar-refractivity contribution in [2.75, 3.05) is 12.3 Å². The predicted molar refractivity (Wildman–Crippen MR) is 81.9 cm³/mol. The van der Waals surface area contributed by atoms with Crippen LogP contribution in [0.4, 0.5) is 19.0 Å². The number of aromatic nitrogens is 1. The molecule has 2 aromatic rings. The molecule has 2 rings (SSSR count). The number of benzene rings is 1. The summed E-state index contributed by atoms with van der Waals surface area (Å²) in [6.45, 7) is 1.23. The maximum atomic E-state index is 14.4. The van der Waals surface area contributed by atoms with E-state index in [1.54, 1.807) is 4.98 Å². The van der Waals surface area contributed by atoms with Gasteiger partial charge in [0.25, 0.3) is 5.56 Å². The summed E-state index contributed by atoms with van der Waals surface area (Å²) in [5.74, 6) is -10.8. The molecule has 26 heavy (non-hydrogen) atoms. The van der Waals surface area contributed by atoms with Crippen LogP contribution in [0.5, 0.6) is 5.75 Å². The summed E-state index contributed by atoms with van der Waals surface area (Å²) in [7, 11) is 0. The van der Waals surface area contributed by atoms with Gasteiger partial charge in [-0.25, -0.2) is 22.8 Å². The van der Waals surface area contributed by atoms with Crippen molar-refractivity contribution in [3.63, 3.8) is 0 Å². The Morgan fingerprint density at radius 1 is 1.12 bits per heavy atom. The molecule has 1 aromatic carbocycles. The number of H-pyrrole nitrogens is 1. The Morgan fingerprint density at radius 2 is 1.69 bits per heavy atom. The second-order valence-electron chi connectivity index (χ2n) is 4.90. The highest BCUT2D eigenvalue weighted by Gasteiger charge is 2.32. The van der Waals surface area contributed by atoms with Crippen molar-refractivity contribution in [3.05, 3.63) is 45.0 Å². The van der Waals surface area contributed by atoms with Gasteiger partial charge in [0.1, 0.15) is 22.7 Å². The zero-order valence-corrected chi connectivity index (χ0v) is 13.0. The molecule has 0 bridgehead atoms. The number of hydrogen-bond donors (Lipinski definition) is 4. The van der Waals surface area contributed by atoms with E-state index < -0.39 is 68.8 Å². The average molecular weight is 372 g/mol. The molecule has 1 heterocycles. The van der Waals surface area contributed by atoms with E-state index in [0.717, 1.165) is 0 Å². The van der Waals surface area contributed by atoms with Crippen molar-refractivity contribution < 1.29 is 37.7 Å². The van der Waals surface area contributed by atoms with E-state index in [-0.39, 0.29) is 6.61 Å². The molecule has 1 aromatic heterocycles. The van der Waals surface area contributed by atoms with Crippen LogP contribution in [0.15, 0.2) is 10.9 Å². The van der Waals surface area contributed by atoms with Gasteiger partial charge >= 0.3 is 11.9 Å². The van der Waals surface area contributed by atoms with Crippen molar-refractivity contribution in [2.24, 2.45) is 0 Å². The summed E-state index contributed by atoms with van der Waals surface area (Å²) in [6.07, 6.45) is 0. The van der Waals surface area contributed by atoms with Crippen molar-refractivity contribution >= 4 is 17.8 Å². The van der Waals surface area contributed by atoms with Crippen molar-refractivity contribution in [3.8, 4) is 16.9 Å². The molecular formula is C15H11F3N2O6. The summed E-state index contributed by atoms with van der Waals surface area (Å²) in [5.41, 5.74) is -0.254. The van der Waals surface area contributed by atoms with Gasteiger partial charge in [0.05, 0.1) is 12.2 Å². The van der Waals surface area contributed by atoms with Crippen LogP contribution < -0.4 is 16.0 Å². The van der Waals surface area contributed by atoms with E-state index in [0.29, 0.717) is 6.07 Å². The number of ether oxygens (including phenoxy) is 1. The lowest BCUT2D eigenvalue weighted by molar-refractivity contribution is 0.0695. The largest absolute Gasteiger partial charge is 0.493 e. The Balaban J connectivity index is 3.15. The van der Waals surface area contributed by atoms with Gasteiger partial charge in [-0.2, -0.15) is 0 Å². The van der Waals surface area contributed by atoms with Crippen LogP contribution in [-0.4, -0.2) is 33.7 Å². The third-order valence-corrected chi connectivity index (χ3v) is 3.35. The smallest absolute Gasteiger partial charge is 0.342 e. The molecule has 11 heteroatoms. The summed E-state index contributed by atoms with van der Waals surface area (Å²) in [6, 6.07) is 0.409. The van der Waals surface area contributed by atoms with Gasteiger partial charge in [0, 0.05) is 11.6 Å². The number of nitrogens with two attached hydrogens (primary N) is 1. The summed E-state index contributed by atoms with van der Waals surface area (Å²) in [4.78, 5) is 36.7. The van der Waals surface area contributed by atoms with Gasteiger partial charge in [-0.15, -0.1) is 0 Å². The Hall–Kier alpha value is -3.50. The molecule has 0 unspecified atom stereocenters. The second kappa shape index (κ2) is 6.78. The lowest BCUT2D eigenvalue weighted by atomic mass is 9.94. The number of carbonyl (C=O) groups is 2. The first-order valence-electron chi connectivity index (χ1n) is 6.94. The molecule has 0 aliphatic heterocycles. The highest BCUT2D eigenvalue weighted by Crippen LogP contribution is 2.39. The first-order chi connectivity index (χ1) is 12.1. The number of nitrogens with one attached hydrogen (secondary N) is 1. The van der Waals surface area contributed by atoms with Gasteiger partial charge in [-0.05, 0) is 6.92 Å². The van der Waals surface area contributed by atoms with Crippen LogP contribution in [0.1, 0.15) is 27.6 Å². The highest BCUT2D eigenvalue weighted by atomic mass is 19.2. The first-order valence-corrected chi connectivity index (χ1v) is 6.94. The number of halogens is 3. The number of aromatic carboxylic acids is 2. The van der Waals surface area contributed by atoms with Gasteiger partial charge in [-0.3, -0.25) is 4.79 Å². The van der Waals surface area contributed by atoms with E-state index >= 15 is 0 Å². The number of aromatic amines is 1. The minimum atomic E-state index is -2.00. The lowest BCUT2D eigenvalue weighted by Gasteiger charge is -2.17. The Morgan fingerprint density at radius 3 is 2.19 bits per heavy atom. The van der Waals surface area contributed by atoms with Crippen LogP contribution in [0.25, 0.3) is 11.1 Å². The Labute approximate surface area is 142 Å². The van der Waals surface area contributed by atoms with Gasteiger partial charge in [-0.1, -0.05) is 0 Å². The SMILES string of the molecule is CCOc1cc(F)c(F)c(F)c1-c1c(C(=O)O)c(N)[nH]c(=O)c1C(=O)O.